The molecule has 0 aromatic heterocycles. The third kappa shape index (κ3) is 4.28. The second kappa shape index (κ2) is 6.36. The van der Waals surface area contributed by atoms with Gasteiger partial charge in [0.15, 0.2) is 0 Å². The van der Waals surface area contributed by atoms with Gasteiger partial charge in [0, 0.05) is 11.6 Å². The smallest absolute Gasteiger partial charge is 0.307 e. The highest BCUT2D eigenvalue weighted by atomic mass is 16.5. The van der Waals surface area contributed by atoms with Crippen LogP contribution in [-0.2, 0) is 9.53 Å². The van der Waals surface area contributed by atoms with Gasteiger partial charge in [-0.1, -0.05) is 19.8 Å². The van der Waals surface area contributed by atoms with E-state index in [9.17, 15) is 9.90 Å². The highest BCUT2D eigenvalue weighted by Gasteiger charge is 2.35. The van der Waals surface area contributed by atoms with Crippen molar-refractivity contribution in [2.45, 2.75) is 57.5 Å². The van der Waals surface area contributed by atoms with Gasteiger partial charge in [0.25, 0.3) is 0 Å². The standard InChI is InChI=1S/C13H25NO3/c1-10-5-4-6-13(8-10,9-15)14-11(2)7-12(16)17-3/h10-11,14-15H,4-9H2,1-3H3. The summed E-state index contributed by atoms with van der Waals surface area (Å²) < 4.78 is 4.66. The molecular weight excluding hydrogens is 218 g/mol. The summed E-state index contributed by atoms with van der Waals surface area (Å²) in [4.78, 5) is 11.2. The minimum absolute atomic E-state index is 0.0416. The number of hydrogen-bond donors (Lipinski definition) is 2. The lowest BCUT2D eigenvalue weighted by molar-refractivity contribution is -0.141. The molecule has 0 bridgehead atoms. The number of hydrogen-bond acceptors (Lipinski definition) is 4. The molecule has 0 aromatic rings. The van der Waals surface area contributed by atoms with E-state index in [1.54, 1.807) is 0 Å². The average Bonchev–Trinajstić information content (AvgIpc) is 2.28. The Hall–Kier alpha value is -0.610. The van der Waals surface area contributed by atoms with Crippen molar-refractivity contribution in [2.75, 3.05) is 13.7 Å². The number of carbonyl (C=O) groups excluding carboxylic acids is 1. The maximum Gasteiger partial charge on any atom is 0.307 e. The molecule has 1 aliphatic rings. The SMILES string of the molecule is COC(=O)CC(C)NC1(CO)CCCC(C)C1. The Kier molecular flexibility index (Phi) is 5.40. The minimum Gasteiger partial charge on any atom is -0.469 e. The Balaban J connectivity index is 2.52. The van der Waals surface area contributed by atoms with Gasteiger partial charge in [-0.2, -0.15) is 0 Å². The van der Waals surface area contributed by atoms with Crippen LogP contribution in [0.1, 0.15) is 46.0 Å². The molecule has 17 heavy (non-hydrogen) atoms. The van der Waals surface area contributed by atoms with Crippen molar-refractivity contribution in [3.63, 3.8) is 0 Å². The molecule has 4 heteroatoms. The molecule has 0 amide bonds. The number of aliphatic hydroxyl groups is 1. The molecule has 100 valence electrons. The monoisotopic (exact) mass is 243 g/mol. The molecule has 0 saturated heterocycles. The topological polar surface area (TPSA) is 58.6 Å². The summed E-state index contributed by atoms with van der Waals surface area (Å²) in [7, 11) is 1.40. The number of ether oxygens (including phenoxy) is 1. The molecule has 3 atom stereocenters. The Morgan fingerprint density at radius 3 is 2.88 bits per heavy atom. The lowest BCUT2D eigenvalue weighted by Crippen LogP contribution is -2.55. The molecule has 1 rings (SSSR count). The Morgan fingerprint density at radius 2 is 2.35 bits per heavy atom. The van der Waals surface area contributed by atoms with E-state index in [0.29, 0.717) is 12.3 Å². The van der Waals surface area contributed by atoms with Crippen molar-refractivity contribution >= 4 is 5.97 Å². The highest BCUT2D eigenvalue weighted by molar-refractivity contribution is 5.69. The van der Waals surface area contributed by atoms with Crippen LogP contribution in [0.3, 0.4) is 0 Å². The lowest BCUT2D eigenvalue weighted by atomic mass is 9.76. The van der Waals surface area contributed by atoms with E-state index in [-0.39, 0.29) is 24.2 Å². The number of rotatable bonds is 5. The fourth-order valence-electron chi connectivity index (χ4n) is 2.89. The molecule has 1 saturated carbocycles. The van der Waals surface area contributed by atoms with Crippen molar-refractivity contribution in [3.05, 3.63) is 0 Å². The van der Waals surface area contributed by atoms with Crippen LogP contribution in [0.2, 0.25) is 0 Å². The largest absolute Gasteiger partial charge is 0.469 e. The second-order valence-corrected chi connectivity index (χ2v) is 5.47. The Morgan fingerprint density at radius 1 is 1.65 bits per heavy atom. The molecule has 0 radical (unpaired) electrons. The first-order chi connectivity index (χ1) is 8.01. The number of carbonyl (C=O) groups is 1. The predicted octanol–water partition coefficient (Wildman–Crippen LogP) is 1.47. The van der Waals surface area contributed by atoms with Crippen molar-refractivity contribution in [1.82, 2.24) is 5.32 Å². The van der Waals surface area contributed by atoms with Gasteiger partial charge in [0.05, 0.1) is 20.1 Å². The molecule has 0 spiro atoms. The number of nitrogens with one attached hydrogen (secondary N) is 1. The van der Waals surface area contributed by atoms with Crippen molar-refractivity contribution in [3.8, 4) is 0 Å². The summed E-state index contributed by atoms with van der Waals surface area (Å²) in [6, 6.07) is 0.0416. The van der Waals surface area contributed by atoms with Crippen molar-refractivity contribution in [1.29, 1.82) is 0 Å². The molecule has 4 nitrogen and oxygen atoms in total. The van der Waals surface area contributed by atoms with Crippen LogP contribution >= 0.6 is 0 Å². The van der Waals surface area contributed by atoms with Crippen LogP contribution in [0, 0.1) is 5.92 Å². The zero-order valence-electron chi connectivity index (χ0n) is 11.2. The molecule has 0 aromatic carbocycles. The van der Waals surface area contributed by atoms with Gasteiger partial charge in [-0.3, -0.25) is 4.79 Å². The van der Waals surface area contributed by atoms with Crippen LogP contribution in [0.5, 0.6) is 0 Å². The van der Waals surface area contributed by atoms with Gasteiger partial charge in [-0.25, -0.2) is 0 Å². The normalized spacial score (nSPS) is 30.9. The Labute approximate surface area is 104 Å². The zero-order chi connectivity index (χ0) is 12.9. The van der Waals surface area contributed by atoms with Crippen LogP contribution in [-0.4, -0.2) is 36.4 Å². The van der Waals surface area contributed by atoms with Gasteiger partial charge < -0.3 is 15.2 Å². The highest BCUT2D eigenvalue weighted by Crippen LogP contribution is 2.32. The molecular formula is C13H25NO3. The van der Waals surface area contributed by atoms with E-state index in [1.165, 1.54) is 13.5 Å². The predicted molar refractivity (Wildman–Crippen MR) is 66.7 cm³/mol. The van der Waals surface area contributed by atoms with E-state index < -0.39 is 0 Å². The van der Waals surface area contributed by atoms with Crippen LogP contribution in [0.15, 0.2) is 0 Å². The summed E-state index contributed by atoms with van der Waals surface area (Å²) in [5, 5.41) is 13.0. The first-order valence-electron chi connectivity index (χ1n) is 6.47. The van der Waals surface area contributed by atoms with Crippen LogP contribution < -0.4 is 5.32 Å². The summed E-state index contributed by atoms with van der Waals surface area (Å²) in [5.74, 6) is 0.427. The summed E-state index contributed by atoms with van der Waals surface area (Å²) in [6.07, 6.45) is 4.69. The fraction of sp³-hybridized carbons (Fsp3) is 0.923. The summed E-state index contributed by atoms with van der Waals surface area (Å²) in [5.41, 5.74) is -0.203. The lowest BCUT2D eigenvalue weighted by Gasteiger charge is -2.41. The van der Waals surface area contributed by atoms with Gasteiger partial charge in [-0.15, -0.1) is 0 Å². The number of methoxy groups -OCH3 is 1. The average molecular weight is 243 g/mol. The van der Waals surface area contributed by atoms with E-state index >= 15 is 0 Å². The van der Waals surface area contributed by atoms with E-state index in [4.69, 9.17) is 0 Å². The quantitative estimate of drug-likeness (QED) is 0.718. The van der Waals surface area contributed by atoms with Crippen molar-refractivity contribution < 1.29 is 14.6 Å². The number of esters is 1. The maximum absolute atomic E-state index is 11.2. The van der Waals surface area contributed by atoms with Crippen molar-refractivity contribution in [2.24, 2.45) is 5.92 Å². The molecule has 3 unspecified atom stereocenters. The third-order valence-corrected chi connectivity index (χ3v) is 3.65. The summed E-state index contributed by atoms with van der Waals surface area (Å²) in [6.45, 7) is 4.33. The van der Waals surface area contributed by atoms with Crippen LogP contribution in [0.4, 0.5) is 0 Å². The maximum atomic E-state index is 11.2. The van der Waals surface area contributed by atoms with Gasteiger partial charge in [0.1, 0.15) is 0 Å². The van der Waals surface area contributed by atoms with Gasteiger partial charge in [0.2, 0.25) is 0 Å². The van der Waals surface area contributed by atoms with E-state index in [0.717, 1.165) is 19.3 Å². The minimum atomic E-state index is -0.207. The second-order valence-electron chi connectivity index (χ2n) is 5.47. The molecule has 1 aliphatic carbocycles. The van der Waals surface area contributed by atoms with Gasteiger partial charge >= 0.3 is 5.97 Å². The summed E-state index contributed by atoms with van der Waals surface area (Å²) >= 11 is 0. The van der Waals surface area contributed by atoms with E-state index in [1.807, 2.05) is 6.92 Å². The third-order valence-electron chi connectivity index (χ3n) is 3.65. The van der Waals surface area contributed by atoms with Gasteiger partial charge in [-0.05, 0) is 25.7 Å². The molecule has 0 aliphatic heterocycles. The first-order valence-corrected chi connectivity index (χ1v) is 6.47. The van der Waals surface area contributed by atoms with E-state index in [2.05, 4.69) is 17.0 Å². The molecule has 2 N–H and O–H groups in total. The van der Waals surface area contributed by atoms with Crippen LogP contribution in [0.25, 0.3) is 0 Å². The fourth-order valence-corrected chi connectivity index (χ4v) is 2.89. The molecule has 0 heterocycles. The molecule has 1 fully saturated rings. The number of aliphatic hydroxyl groups excluding tert-OH is 1. The Bertz CT molecular complexity index is 257. The zero-order valence-corrected chi connectivity index (χ0v) is 11.2. The first kappa shape index (κ1) is 14.5.